The van der Waals surface area contributed by atoms with Crippen LogP contribution in [0, 0.1) is 12.7 Å². The number of rotatable bonds is 5. The first-order chi connectivity index (χ1) is 13.0. The van der Waals surface area contributed by atoms with Crippen molar-refractivity contribution in [1.29, 1.82) is 0 Å². The minimum absolute atomic E-state index is 0.230. The van der Waals surface area contributed by atoms with Gasteiger partial charge in [-0.05, 0) is 49.7 Å². The second-order valence-electron chi connectivity index (χ2n) is 5.90. The van der Waals surface area contributed by atoms with Crippen LogP contribution in [0.5, 0.6) is 0 Å². The molecule has 0 saturated heterocycles. The molecule has 2 aromatic carbocycles. The number of amides is 1. The zero-order valence-corrected chi connectivity index (χ0v) is 15.7. The summed E-state index contributed by atoms with van der Waals surface area (Å²) in [5.74, 6) is -1.16. The Labute approximate surface area is 160 Å². The molecule has 0 bridgehead atoms. The molecule has 0 fully saturated rings. The summed E-state index contributed by atoms with van der Waals surface area (Å²) in [6.45, 7) is 3.85. The maximum atomic E-state index is 13.2. The first-order valence-electron chi connectivity index (χ1n) is 8.43. The Balaban J connectivity index is 1.95. The van der Waals surface area contributed by atoms with Crippen LogP contribution in [0.1, 0.15) is 32.5 Å². The Hall–Kier alpha value is -2.99. The number of carbonyl (C=O) groups excluding carboxylic acids is 2. The average Bonchev–Trinajstić information content (AvgIpc) is 3.06. The molecule has 0 aliphatic rings. The second-order valence-corrected chi connectivity index (χ2v) is 6.96. The number of halogens is 1. The van der Waals surface area contributed by atoms with Gasteiger partial charge in [0.2, 0.25) is 0 Å². The van der Waals surface area contributed by atoms with Gasteiger partial charge in [0.05, 0.1) is 12.3 Å². The van der Waals surface area contributed by atoms with Gasteiger partial charge in [-0.1, -0.05) is 29.8 Å². The highest BCUT2D eigenvalue weighted by Crippen LogP contribution is 2.35. The normalized spacial score (nSPS) is 10.5. The molecule has 0 saturated carbocycles. The highest BCUT2D eigenvalue weighted by Gasteiger charge is 2.20. The Bertz CT molecular complexity index is 979. The van der Waals surface area contributed by atoms with Gasteiger partial charge in [0.1, 0.15) is 10.7 Å². The largest absolute Gasteiger partial charge is 0.462 e. The van der Waals surface area contributed by atoms with E-state index < -0.39 is 5.97 Å². The zero-order chi connectivity index (χ0) is 19.4. The molecule has 1 heterocycles. The van der Waals surface area contributed by atoms with Crippen LogP contribution in [0.2, 0.25) is 0 Å². The van der Waals surface area contributed by atoms with Crippen LogP contribution >= 0.6 is 11.3 Å². The van der Waals surface area contributed by atoms with Crippen molar-refractivity contribution in [3.63, 3.8) is 0 Å². The third-order valence-electron chi connectivity index (χ3n) is 3.85. The van der Waals surface area contributed by atoms with Gasteiger partial charge in [0, 0.05) is 10.4 Å². The molecule has 1 N–H and O–H groups in total. The highest BCUT2D eigenvalue weighted by molar-refractivity contribution is 7.18. The molecule has 0 radical (unpaired) electrons. The molecule has 0 spiro atoms. The van der Waals surface area contributed by atoms with Crippen molar-refractivity contribution < 1.29 is 18.7 Å². The lowest BCUT2D eigenvalue weighted by atomic mass is 10.1. The van der Waals surface area contributed by atoms with Gasteiger partial charge in [-0.2, -0.15) is 0 Å². The molecule has 0 aliphatic carbocycles. The number of aryl methyl sites for hydroxylation is 1. The minimum Gasteiger partial charge on any atom is -0.462 e. The van der Waals surface area contributed by atoms with Crippen LogP contribution in [-0.2, 0) is 4.74 Å². The topological polar surface area (TPSA) is 55.4 Å². The van der Waals surface area contributed by atoms with E-state index in [1.165, 1.54) is 23.5 Å². The monoisotopic (exact) mass is 383 g/mol. The van der Waals surface area contributed by atoms with E-state index in [0.717, 1.165) is 16.0 Å². The predicted molar refractivity (Wildman–Crippen MR) is 105 cm³/mol. The first-order valence-corrected chi connectivity index (χ1v) is 9.24. The molecule has 0 aliphatic heterocycles. The number of hydrogen-bond acceptors (Lipinski definition) is 4. The molecule has 4 nitrogen and oxygen atoms in total. The lowest BCUT2D eigenvalue weighted by Crippen LogP contribution is -2.14. The average molecular weight is 383 g/mol. The van der Waals surface area contributed by atoms with E-state index >= 15 is 0 Å². The van der Waals surface area contributed by atoms with Gasteiger partial charge in [0.15, 0.2) is 0 Å². The molecule has 0 atom stereocenters. The molecule has 3 rings (SSSR count). The summed E-state index contributed by atoms with van der Waals surface area (Å²) < 4.78 is 18.3. The lowest BCUT2D eigenvalue weighted by molar-refractivity contribution is 0.0533. The minimum atomic E-state index is -0.504. The van der Waals surface area contributed by atoms with Gasteiger partial charge in [-0.15, -0.1) is 11.3 Å². The Kier molecular flexibility index (Phi) is 5.66. The van der Waals surface area contributed by atoms with Crippen LogP contribution < -0.4 is 5.32 Å². The highest BCUT2D eigenvalue weighted by atomic mass is 32.1. The van der Waals surface area contributed by atoms with Crippen molar-refractivity contribution in [2.45, 2.75) is 13.8 Å². The van der Waals surface area contributed by atoms with Crippen molar-refractivity contribution >= 4 is 28.9 Å². The van der Waals surface area contributed by atoms with E-state index in [-0.39, 0.29) is 18.3 Å². The van der Waals surface area contributed by atoms with E-state index in [2.05, 4.69) is 5.32 Å². The van der Waals surface area contributed by atoms with Gasteiger partial charge in [-0.25, -0.2) is 9.18 Å². The fourth-order valence-corrected chi connectivity index (χ4v) is 3.58. The molecule has 1 amide bonds. The second kappa shape index (κ2) is 8.14. The van der Waals surface area contributed by atoms with Crippen molar-refractivity contribution in [3.05, 3.63) is 76.4 Å². The number of ether oxygens (including phenoxy) is 1. The summed E-state index contributed by atoms with van der Waals surface area (Å²) >= 11 is 1.20. The number of carbonyl (C=O) groups is 2. The van der Waals surface area contributed by atoms with Crippen LogP contribution in [0.4, 0.5) is 10.1 Å². The number of nitrogens with one attached hydrogen (secondary N) is 1. The number of anilines is 1. The first kappa shape index (κ1) is 18.8. The Morgan fingerprint density at radius 3 is 2.52 bits per heavy atom. The fraction of sp³-hybridized carbons (Fsp3) is 0.143. The number of esters is 1. The van der Waals surface area contributed by atoms with E-state index in [1.807, 2.05) is 13.0 Å². The van der Waals surface area contributed by atoms with Crippen LogP contribution in [0.25, 0.3) is 10.4 Å². The van der Waals surface area contributed by atoms with Crippen LogP contribution in [-0.4, -0.2) is 18.5 Å². The molecular formula is C21H18FNO3S. The number of hydrogen-bond donors (Lipinski definition) is 1. The van der Waals surface area contributed by atoms with E-state index in [4.69, 9.17) is 4.74 Å². The van der Waals surface area contributed by atoms with Gasteiger partial charge in [-0.3, -0.25) is 4.79 Å². The Morgan fingerprint density at radius 1 is 1.11 bits per heavy atom. The van der Waals surface area contributed by atoms with E-state index in [0.29, 0.717) is 16.1 Å². The summed E-state index contributed by atoms with van der Waals surface area (Å²) in [5, 5.41) is 2.79. The molecular weight excluding hydrogens is 365 g/mol. The fourth-order valence-electron chi connectivity index (χ4n) is 2.57. The number of benzene rings is 2. The smallest absolute Gasteiger partial charge is 0.350 e. The van der Waals surface area contributed by atoms with Crippen molar-refractivity contribution in [2.24, 2.45) is 0 Å². The van der Waals surface area contributed by atoms with Gasteiger partial charge >= 0.3 is 5.97 Å². The summed E-state index contributed by atoms with van der Waals surface area (Å²) in [6, 6.07) is 14.8. The lowest BCUT2D eigenvalue weighted by Gasteiger charge is -2.06. The third-order valence-corrected chi connectivity index (χ3v) is 5.01. The molecule has 0 unspecified atom stereocenters. The molecule has 6 heteroatoms. The summed E-state index contributed by atoms with van der Waals surface area (Å²) in [5.41, 5.74) is 2.59. The summed E-state index contributed by atoms with van der Waals surface area (Å²) in [7, 11) is 0. The quantitative estimate of drug-likeness (QED) is 0.609. The maximum Gasteiger partial charge on any atom is 0.350 e. The summed E-state index contributed by atoms with van der Waals surface area (Å²) in [6.07, 6.45) is 0. The SMILES string of the molecule is CCOC(=O)c1sc(-c2ccc(F)cc2)cc1NC(=O)c1cccc(C)c1. The standard InChI is InChI=1S/C21H18FNO3S/c1-3-26-21(25)19-17(23-20(24)15-6-4-5-13(2)11-15)12-18(27-19)14-7-9-16(22)10-8-14/h4-12H,3H2,1-2H3,(H,23,24). The van der Waals surface area contributed by atoms with Crippen LogP contribution in [0.15, 0.2) is 54.6 Å². The molecule has 27 heavy (non-hydrogen) atoms. The predicted octanol–water partition coefficient (Wildman–Crippen LogP) is 5.29. The van der Waals surface area contributed by atoms with Gasteiger partial charge < -0.3 is 10.1 Å². The van der Waals surface area contributed by atoms with E-state index in [9.17, 15) is 14.0 Å². The van der Waals surface area contributed by atoms with Crippen molar-refractivity contribution in [2.75, 3.05) is 11.9 Å². The molecule has 3 aromatic rings. The zero-order valence-electron chi connectivity index (χ0n) is 14.9. The molecule has 138 valence electrons. The molecule has 1 aromatic heterocycles. The van der Waals surface area contributed by atoms with E-state index in [1.54, 1.807) is 43.3 Å². The van der Waals surface area contributed by atoms with Crippen molar-refractivity contribution in [1.82, 2.24) is 0 Å². The maximum absolute atomic E-state index is 13.2. The van der Waals surface area contributed by atoms with Crippen LogP contribution in [0.3, 0.4) is 0 Å². The third kappa shape index (κ3) is 4.41. The van der Waals surface area contributed by atoms with Gasteiger partial charge in [0.25, 0.3) is 5.91 Å². The summed E-state index contributed by atoms with van der Waals surface area (Å²) in [4.78, 5) is 25.9. The Morgan fingerprint density at radius 2 is 1.85 bits per heavy atom. The van der Waals surface area contributed by atoms with Crippen molar-refractivity contribution in [3.8, 4) is 10.4 Å². The number of thiophene rings is 1.